The van der Waals surface area contributed by atoms with Gasteiger partial charge in [-0.3, -0.25) is 4.79 Å². The van der Waals surface area contributed by atoms with Crippen LogP contribution in [0.2, 0.25) is 0 Å². The van der Waals surface area contributed by atoms with Crippen molar-refractivity contribution in [1.29, 1.82) is 0 Å². The minimum atomic E-state index is -0.0952. The summed E-state index contributed by atoms with van der Waals surface area (Å²) in [6.45, 7) is 4.93. The van der Waals surface area contributed by atoms with Crippen LogP contribution in [0.3, 0.4) is 0 Å². The lowest BCUT2D eigenvalue weighted by atomic mass is 9.90. The molecule has 2 aliphatic rings. The molecule has 0 aromatic heterocycles. The number of nitrogens with one attached hydrogen (secondary N) is 1. The molecule has 102 valence electrons. The molecule has 0 aliphatic carbocycles. The molecule has 0 radical (unpaired) electrons. The summed E-state index contributed by atoms with van der Waals surface area (Å²) in [6, 6.07) is 1.99. The number of carbonyl (C=O) groups is 1. The predicted molar refractivity (Wildman–Crippen MR) is 74.2 cm³/mol. The lowest BCUT2D eigenvalue weighted by molar-refractivity contribution is -0.115. The Morgan fingerprint density at radius 2 is 2.21 bits per heavy atom. The number of hydrogen-bond donors (Lipinski definition) is 2. The van der Waals surface area contributed by atoms with Crippen molar-refractivity contribution in [3.8, 4) is 0 Å². The Hall–Kier alpha value is -1.39. The van der Waals surface area contributed by atoms with Crippen molar-refractivity contribution in [3.63, 3.8) is 0 Å². The van der Waals surface area contributed by atoms with E-state index in [1.807, 2.05) is 6.92 Å². The molecule has 1 saturated heterocycles. The fourth-order valence-corrected chi connectivity index (χ4v) is 3.12. The summed E-state index contributed by atoms with van der Waals surface area (Å²) >= 11 is 0. The lowest BCUT2D eigenvalue weighted by Crippen LogP contribution is -2.26. The van der Waals surface area contributed by atoms with E-state index in [4.69, 9.17) is 10.5 Å². The SMILES string of the molecule is Cc1c(C(N)C2CCCO2)cc2c(c1C)NC(=O)C2. The van der Waals surface area contributed by atoms with Crippen molar-refractivity contribution in [1.82, 2.24) is 0 Å². The first-order valence-corrected chi connectivity index (χ1v) is 6.88. The first kappa shape index (κ1) is 12.6. The van der Waals surface area contributed by atoms with Crippen LogP contribution in [0, 0.1) is 13.8 Å². The summed E-state index contributed by atoms with van der Waals surface area (Å²) in [5, 5.41) is 2.93. The second-order valence-electron chi connectivity index (χ2n) is 5.55. The van der Waals surface area contributed by atoms with E-state index in [1.54, 1.807) is 0 Å². The number of fused-ring (bicyclic) bond motifs is 1. The molecule has 2 aliphatic heterocycles. The van der Waals surface area contributed by atoms with E-state index in [0.29, 0.717) is 6.42 Å². The highest BCUT2D eigenvalue weighted by molar-refractivity contribution is 6.00. The highest BCUT2D eigenvalue weighted by atomic mass is 16.5. The summed E-state index contributed by atoms with van der Waals surface area (Å²) < 4.78 is 5.70. The average Bonchev–Trinajstić information content (AvgIpc) is 3.01. The van der Waals surface area contributed by atoms with Gasteiger partial charge in [-0.15, -0.1) is 0 Å². The summed E-state index contributed by atoms with van der Waals surface area (Å²) in [5.41, 5.74) is 11.8. The number of anilines is 1. The third-order valence-electron chi connectivity index (χ3n) is 4.36. The van der Waals surface area contributed by atoms with E-state index >= 15 is 0 Å². The van der Waals surface area contributed by atoms with Gasteiger partial charge >= 0.3 is 0 Å². The molecule has 0 spiro atoms. The third kappa shape index (κ3) is 2.05. The van der Waals surface area contributed by atoms with Gasteiger partial charge in [0.15, 0.2) is 0 Å². The second-order valence-corrected chi connectivity index (χ2v) is 5.55. The van der Waals surface area contributed by atoms with Crippen LogP contribution in [0.15, 0.2) is 6.07 Å². The Bertz CT molecular complexity index is 533. The van der Waals surface area contributed by atoms with Crippen LogP contribution in [-0.2, 0) is 16.0 Å². The maximum Gasteiger partial charge on any atom is 0.228 e. The van der Waals surface area contributed by atoms with Gasteiger partial charge in [-0.1, -0.05) is 6.07 Å². The molecule has 1 amide bonds. The Morgan fingerprint density at radius 1 is 1.42 bits per heavy atom. The average molecular weight is 260 g/mol. The normalized spacial score (nSPS) is 23.3. The Balaban J connectivity index is 2.00. The van der Waals surface area contributed by atoms with Crippen molar-refractivity contribution >= 4 is 11.6 Å². The highest BCUT2D eigenvalue weighted by Gasteiger charge is 2.29. The molecule has 1 aromatic rings. The summed E-state index contributed by atoms with van der Waals surface area (Å²) in [4.78, 5) is 11.5. The first-order chi connectivity index (χ1) is 9.08. The molecule has 3 N–H and O–H groups in total. The van der Waals surface area contributed by atoms with Gasteiger partial charge in [-0.25, -0.2) is 0 Å². The number of hydrogen-bond acceptors (Lipinski definition) is 3. The molecular weight excluding hydrogens is 240 g/mol. The van der Waals surface area contributed by atoms with Gasteiger partial charge in [-0.05, 0) is 48.9 Å². The van der Waals surface area contributed by atoms with E-state index in [0.717, 1.165) is 41.8 Å². The molecule has 4 nitrogen and oxygen atoms in total. The molecule has 4 heteroatoms. The maximum absolute atomic E-state index is 11.5. The number of carbonyl (C=O) groups excluding carboxylic acids is 1. The van der Waals surface area contributed by atoms with Crippen LogP contribution in [-0.4, -0.2) is 18.6 Å². The van der Waals surface area contributed by atoms with Crippen LogP contribution in [0.5, 0.6) is 0 Å². The summed E-state index contributed by atoms with van der Waals surface area (Å²) in [6.07, 6.45) is 2.68. The highest BCUT2D eigenvalue weighted by Crippen LogP contribution is 2.35. The topological polar surface area (TPSA) is 64.3 Å². The van der Waals surface area contributed by atoms with Crippen LogP contribution in [0.4, 0.5) is 5.69 Å². The zero-order valence-corrected chi connectivity index (χ0v) is 11.5. The predicted octanol–water partition coefficient (Wildman–Crippen LogP) is 1.98. The molecule has 0 saturated carbocycles. The van der Waals surface area contributed by atoms with Crippen molar-refractivity contribution in [2.75, 3.05) is 11.9 Å². The monoisotopic (exact) mass is 260 g/mol. The molecule has 1 aromatic carbocycles. The molecule has 2 heterocycles. The van der Waals surface area contributed by atoms with Crippen LogP contribution >= 0.6 is 0 Å². The van der Waals surface area contributed by atoms with Crippen molar-refractivity contribution in [2.45, 2.75) is 45.3 Å². The van der Waals surface area contributed by atoms with E-state index in [2.05, 4.69) is 18.3 Å². The zero-order valence-electron chi connectivity index (χ0n) is 11.5. The van der Waals surface area contributed by atoms with E-state index in [9.17, 15) is 4.79 Å². The van der Waals surface area contributed by atoms with E-state index < -0.39 is 0 Å². The van der Waals surface area contributed by atoms with Crippen LogP contribution < -0.4 is 11.1 Å². The number of nitrogens with two attached hydrogens (primary N) is 1. The second kappa shape index (κ2) is 4.62. The minimum Gasteiger partial charge on any atom is -0.376 e. The number of ether oxygens (including phenoxy) is 1. The molecule has 1 fully saturated rings. The summed E-state index contributed by atoms with van der Waals surface area (Å²) in [5.74, 6) is 0.0698. The third-order valence-corrected chi connectivity index (χ3v) is 4.36. The standard InChI is InChI=1S/C15H20N2O2/c1-8-9(2)15-10(7-13(18)17-15)6-11(8)14(16)12-4-3-5-19-12/h6,12,14H,3-5,7,16H2,1-2H3,(H,17,18). The lowest BCUT2D eigenvalue weighted by Gasteiger charge is -2.23. The van der Waals surface area contributed by atoms with Crippen molar-refractivity contribution in [3.05, 3.63) is 28.3 Å². The fourth-order valence-electron chi connectivity index (χ4n) is 3.12. The molecular formula is C15H20N2O2. The minimum absolute atomic E-state index is 0.0698. The molecule has 3 rings (SSSR count). The quantitative estimate of drug-likeness (QED) is 0.854. The molecule has 2 unspecified atom stereocenters. The number of benzene rings is 1. The van der Waals surface area contributed by atoms with Gasteiger partial charge < -0.3 is 15.8 Å². The zero-order chi connectivity index (χ0) is 13.6. The number of rotatable bonds is 2. The largest absolute Gasteiger partial charge is 0.376 e. The van der Waals surface area contributed by atoms with Gasteiger partial charge in [0.1, 0.15) is 0 Å². The van der Waals surface area contributed by atoms with Crippen molar-refractivity contribution in [2.24, 2.45) is 5.73 Å². The Morgan fingerprint density at radius 3 is 2.89 bits per heavy atom. The molecule has 2 atom stereocenters. The van der Waals surface area contributed by atoms with Gasteiger partial charge in [0.25, 0.3) is 0 Å². The molecule has 0 bridgehead atoms. The van der Waals surface area contributed by atoms with Crippen molar-refractivity contribution < 1.29 is 9.53 Å². The van der Waals surface area contributed by atoms with Gasteiger partial charge in [-0.2, -0.15) is 0 Å². The Labute approximate surface area is 113 Å². The van der Waals surface area contributed by atoms with E-state index in [-0.39, 0.29) is 18.1 Å². The van der Waals surface area contributed by atoms with Crippen LogP contribution in [0.25, 0.3) is 0 Å². The van der Waals surface area contributed by atoms with Gasteiger partial charge in [0.2, 0.25) is 5.91 Å². The van der Waals surface area contributed by atoms with Gasteiger partial charge in [0.05, 0.1) is 18.6 Å². The van der Waals surface area contributed by atoms with Gasteiger partial charge in [0, 0.05) is 12.3 Å². The maximum atomic E-state index is 11.5. The fraction of sp³-hybridized carbons (Fsp3) is 0.533. The summed E-state index contributed by atoms with van der Waals surface area (Å²) in [7, 11) is 0. The van der Waals surface area contributed by atoms with E-state index in [1.165, 1.54) is 5.56 Å². The molecule has 19 heavy (non-hydrogen) atoms. The number of amides is 1. The first-order valence-electron chi connectivity index (χ1n) is 6.88. The Kier molecular flexibility index (Phi) is 3.07. The smallest absolute Gasteiger partial charge is 0.228 e. The van der Waals surface area contributed by atoms with Crippen LogP contribution in [0.1, 0.15) is 41.1 Å².